The number of aliphatic hydroxyl groups excluding tert-OH is 3. The highest BCUT2D eigenvalue weighted by molar-refractivity contribution is 4.89. The zero-order chi connectivity index (χ0) is 17.6. The normalized spacial score (nSPS) is 25.6. The van der Waals surface area contributed by atoms with Gasteiger partial charge in [-0.3, -0.25) is 0 Å². The number of allylic oxidation sites excluding steroid dienone is 2. The highest BCUT2D eigenvalue weighted by Crippen LogP contribution is 2.21. The van der Waals surface area contributed by atoms with Gasteiger partial charge in [-0.2, -0.15) is 0 Å². The van der Waals surface area contributed by atoms with E-state index in [1.165, 1.54) is 44.9 Å². The van der Waals surface area contributed by atoms with Crippen LogP contribution in [0.3, 0.4) is 0 Å². The van der Waals surface area contributed by atoms with Gasteiger partial charge in [0, 0.05) is 6.61 Å². The number of ether oxygens (including phenoxy) is 2. The Bertz CT molecular complexity index is 321. The fraction of sp³-hybridized carbons (Fsp3) is 0.895. The van der Waals surface area contributed by atoms with E-state index in [1.54, 1.807) is 0 Å². The first-order chi connectivity index (χ1) is 11.7. The third-order valence-corrected chi connectivity index (χ3v) is 4.43. The van der Waals surface area contributed by atoms with E-state index in [9.17, 15) is 10.2 Å². The Balaban J connectivity index is 1.98. The Morgan fingerprint density at radius 2 is 1.75 bits per heavy atom. The summed E-state index contributed by atoms with van der Waals surface area (Å²) < 4.78 is 11.0. The van der Waals surface area contributed by atoms with Gasteiger partial charge in [-0.05, 0) is 25.7 Å². The molecule has 0 unspecified atom stereocenters. The van der Waals surface area contributed by atoms with Crippen LogP contribution in [0, 0.1) is 0 Å². The molecule has 0 radical (unpaired) electrons. The SMILES string of the molecule is CCC/C=C/CCCCCCCCO[C@H]1[C@@H]([C@H](O)CO)OC[C@@H]1O. The summed E-state index contributed by atoms with van der Waals surface area (Å²) in [6.45, 7) is 2.52. The maximum Gasteiger partial charge on any atom is 0.114 e. The van der Waals surface area contributed by atoms with Crippen molar-refractivity contribution in [1.82, 2.24) is 0 Å². The molecule has 5 nitrogen and oxygen atoms in total. The molecule has 142 valence electrons. The fourth-order valence-corrected chi connectivity index (χ4v) is 2.95. The van der Waals surface area contributed by atoms with Crippen LogP contribution in [-0.4, -0.2) is 59.6 Å². The highest BCUT2D eigenvalue weighted by atomic mass is 16.6. The smallest absolute Gasteiger partial charge is 0.114 e. The van der Waals surface area contributed by atoms with Gasteiger partial charge < -0.3 is 24.8 Å². The second-order valence-electron chi connectivity index (χ2n) is 6.62. The average molecular weight is 344 g/mol. The van der Waals surface area contributed by atoms with Gasteiger partial charge >= 0.3 is 0 Å². The Kier molecular flexibility index (Phi) is 12.4. The molecule has 4 atom stereocenters. The minimum atomic E-state index is -1.00. The van der Waals surface area contributed by atoms with Crippen LogP contribution in [0.4, 0.5) is 0 Å². The van der Waals surface area contributed by atoms with E-state index in [0.29, 0.717) is 6.61 Å². The minimum absolute atomic E-state index is 0.152. The van der Waals surface area contributed by atoms with E-state index in [2.05, 4.69) is 19.1 Å². The van der Waals surface area contributed by atoms with Gasteiger partial charge in [-0.1, -0.05) is 51.2 Å². The van der Waals surface area contributed by atoms with Crippen LogP contribution in [0.15, 0.2) is 12.2 Å². The van der Waals surface area contributed by atoms with Crippen molar-refractivity contribution in [1.29, 1.82) is 0 Å². The molecule has 24 heavy (non-hydrogen) atoms. The summed E-state index contributed by atoms with van der Waals surface area (Å²) in [6.07, 6.45) is 12.3. The van der Waals surface area contributed by atoms with Crippen molar-refractivity contribution in [3.8, 4) is 0 Å². The van der Waals surface area contributed by atoms with Crippen molar-refractivity contribution in [2.24, 2.45) is 0 Å². The second kappa shape index (κ2) is 13.8. The van der Waals surface area contributed by atoms with Crippen molar-refractivity contribution in [3.63, 3.8) is 0 Å². The highest BCUT2D eigenvalue weighted by Gasteiger charge is 2.40. The lowest BCUT2D eigenvalue weighted by Crippen LogP contribution is -2.42. The third-order valence-electron chi connectivity index (χ3n) is 4.43. The van der Waals surface area contributed by atoms with E-state index in [0.717, 1.165) is 12.8 Å². The summed E-state index contributed by atoms with van der Waals surface area (Å²) in [5.74, 6) is 0. The standard InChI is InChI=1S/C19H36O5/c1-2-3-4-5-6-7-8-9-10-11-12-13-23-19-17(22)15-24-18(19)16(21)14-20/h4-5,16-22H,2-3,6-15H2,1H3/b5-4+/t16-,17+,18-,19-/m1/s1. The molecule has 1 aliphatic heterocycles. The summed E-state index contributed by atoms with van der Waals surface area (Å²) in [5, 5.41) is 28.5. The van der Waals surface area contributed by atoms with E-state index < -0.39 is 24.4 Å². The van der Waals surface area contributed by atoms with E-state index in [-0.39, 0.29) is 13.2 Å². The van der Waals surface area contributed by atoms with Crippen molar-refractivity contribution in [2.45, 2.75) is 89.1 Å². The molecule has 1 heterocycles. The van der Waals surface area contributed by atoms with Gasteiger partial charge in [-0.25, -0.2) is 0 Å². The van der Waals surface area contributed by atoms with Crippen LogP contribution in [0.2, 0.25) is 0 Å². The van der Waals surface area contributed by atoms with Crippen LogP contribution >= 0.6 is 0 Å². The number of rotatable bonds is 14. The number of aliphatic hydroxyl groups is 3. The molecule has 0 spiro atoms. The molecule has 0 saturated carbocycles. The summed E-state index contributed by atoms with van der Waals surface area (Å²) in [4.78, 5) is 0. The van der Waals surface area contributed by atoms with Crippen LogP contribution in [0.25, 0.3) is 0 Å². The predicted octanol–water partition coefficient (Wildman–Crippen LogP) is 2.57. The summed E-state index contributed by atoms with van der Waals surface area (Å²) in [5.41, 5.74) is 0. The lowest BCUT2D eigenvalue weighted by Gasteiger charge is -2.23. The van der Waals surface area contributed by atoms with E-state index in [4.69, 9.17) is 14.6 Å². The van der Waals surface area contributed by atoms with Crippen molar-refractivity contribution < 1.29 is 24.8 Å². The Morgan fingerprint density at radius 1 is 1.08 bits per heavy atom. The van der Waals surface area contributed by atoms with E-state index >= 15 is 0 Å². The lowest BCUT2D eigenvalue weighted by molar-refractivity contribution is -0.0938. The van der Waals surface area contributed by atoms with Crippen molar-refractivity contribution in [3.05, 3.63) is 12.2 Å². The first kappa shape index (κ1) is 21.6. The van der Waals surface area contributed by atoms with Crippen LogP contribution < -0.4 is 0 Å². The van der Waals surface area contributed by atoms with Gasteiger partial charge in [0.05, 0.1) is 13.2 Å². The zero-order valence-corrected chi connectivity index (χ0v) is 15.1. The average Bonchev–Trinajstić information content (AvgIpc) is 2.96. The van der Waals surface area contributed by atoms with Gasteiger partial charge in [-0.15, -0.1) is 0 Å². The summed E-state index contributed by atoms with van der Waals surface area (Å²) in [6, 6.07) is 0. The molecule has 5 heteroatoms. The number of hydrogen-bond donors (Lipinski definition) is 3. The van der Waals surface area contributed by atoms with Gasteiger partial charge in [0.2, 0.25) is 0 Å². The molecule has 0 bridgehead atoms. The molecule has 1 saturated heterocycles. The fourth-order valence-electron chi connectivity index (χ4n) is 2.95. The molecule has 1 fully saturated rings. The molecule has 3 N–H and O–H groups in total. The maximum absolute atomic E-state index is 9.83. The van der Waals surface area contributed by atoms with E-state index in [1.807, 2.05) is 0 Å². The van der Waals surface area contributed by atoms with Gasteiger partial charge in [0.1, 0.15) is 24.4 Å². The monoisotopic (exact) mass is 344 g/mol. The van der Waals surface area contributed by atoms with Crippen LogP contribution in [-0.2, 0) is 9.47 Å². The third kappa shape index (κ3) is 8.58. The van der Waals surface area contributed by atoms with Crippen LogP contribution in [0.5, 0.6) is 0 Å². The first-order valence-electron chi connectivity index (χ1n) is 9.55. The van der Waals surface area contributed by atoms with Crippen LogP contribution in [0.1, 0.15) is 64.7 Å². The molecule has 0 aliphatic carbocycles. The Morgan fingerprint density at radius 3 is 2.46 bits per heavy atom. The molecule has 0 aromatic rings. The summed E-state index contributed by atoms with van der Waals surface area (Å²) in [7, 11) is 0. The maximum atomic E-state index is 9.83. The Labute approximate surface area is 146 Å². The zero-order valence-electron chi connectivity index (χ0n) is 15.1. The van der Waals surface area contributed by atoms with Crippen molar-refractivity contribution in [2.75, 3.05) is 19.8 Å². The topological polar surface area (TPSA) is 79.2 Å². The lowest BCUT2D eigenvalue weighted by atomic mass is 10.1. The van der Waals surface area contributed by atoms with Gasteiger partial charge in [0.15, 0.2) is 0 Å². The predicted molar refractivity (Wildman–Crippen MR) is 94.9 cm³/mol. The molecule has 0 aromatic carbocycles. The molecule has 1 aliphatic rings. The Hall–Kier alpha value is -0.460. The van der Waals surface area contributed by atoms with Gasteiger partial charge in [0.25, 0.3) is 0 Å². The van der Waals surface area contributed by atoms with Crippen molar-refractivity contribution >= 4 is 0 Å². The molecule has 1 rings (SSSR count). The molecular formula is C19H36O5. The number of hydrogen-bond acceptors (Lipinski definition) is 5. The first-order valence-corrected chi connectivity index (χ1v) is 9.55. The second-order valence-corrected chi connectivity index (χ2v) is 6.62. The molecule has 0 amide bonds. The number of unbranched alkanes of at least 4 members (excludes halogenated alkanes) is 7. The minimum Gasteiger partial charge on any atom is -0.394 e. The summed E-state index contributed by atoms with van der Waals surface area (Å²) >= 11 is 0. The molecule has 0 aromatic heterocycles. The quantitative estimate of drug-likeness (QED) is 0.333. The largest absolute Gasteiger partial charge is 0.394 e. The molecular weight excluding hydrogens is 308 g/mol.